The monoisotopic (exact) mass is 235 g/mol. The van der Waals surface area contributed by atoms with Gasteiger partial charge in [0.2, 0.25) is 0 Å². The number of para-hydroxylation sites is 1. The Hall–Kier alpha value is -1.06. The molecule has 1 fully saturated rings. The zero-order chi connectivity index (χ0) is 11.9. The molecule has 0 aliphatic carbocycles. The minimum Gasteiger partial charge on any atom is -0.494 e. The van der Waals surface area contributed by atoms with Crippen LogP contribution in [0.2, 0.25) is 0 Å². The molecule has 1 heterocycles. The first-order valence-electron chi connectivity index (χ1n) is 6.43. The standard InChI is InChI=1S/C14H21NO2/c16-12-13-6-4-9-15(13)10-5-11-17-14-7-2-1-3-8-14/h1-3,7-8,13,16H,4-6,9-12H2. The zero-order valence-electron chi connectivity index (χ0n) is 10.2. The first-order chi connectivity index (χ1) is 8.40. The van der Waals surface area contributed by atoms with E-state index in [1.54, 1.807) is 0 Å². The summed E-state index contributed by atoms with van der Waals surface area (Å²) in [7, 11) is 0. The highest BCUT2D eigenvalue weighted by Crippen LogP contribution is 2.16. The van der Waals surface area contributed by atoms with Gasteiger partial charge in [0, 0.05) is 12.6 Å². The highest BCUT2D eigenvalue weighted by atomic mass is 16.5. The Bertz CT molecular complexity index is 315. The van der Waals surface area contributed by atoms with Crippen LogP contribution in [-0.2, 0) is 0 Å². The van der Waals surface area contributed by atoms with Gasteiger partial charge >= 0.3 is 0 Å². The second-order valence-corrected chi connectivity index (χ2v) is 4.53. The van der Waals surface area contributed by atoms with Crippen molar-refractivity contribution in [2.75, 3.05) is 26.3 Å². The topological polar surface area (TPSA) is 32.7 Å². The number of hydrogen-bond donors (Lipinski definition) is 1. The average molecular weight is 235 g/mol. The summed E-state index contributed by atoms with van der Waals surface area (Å²) in [6, 6.07) is 10.3. The third kappa shape index (κ3) is 3.72. The molecule has 17 heavy (non-hydrogen) atoms. The van der Waals surface area contributed by atoms with Gasteiger partial charge in [0.25, 0.3) is 0 Å². The van der Waals surface area contributed by atoms with E-state index in [0.29, 0.717) is 12.6 Å². The highest BCUT2D eigenvalue weighted by Gasteiger charge is 2.22. The largest absolute Gasteiger partial charge is 0.494 e. The average Bonchev–Trinajstić information content (AvgIpc) is 2.83. The van der Waals surface area contributed by atoms with E-state index in [4.69, 9.17) is 4.74 Å². The molecule has 1 unspecified atom stereocenters. The molecule has 0 aromatic heterocycles. The van der Waals surface area contributed by atoms with Crippen LogP contribution in [0.5, 0.6) is 5.75 Å². The zero-order valence-corrected chi connectivity index (χ0v) is 10.2. The van der Waals surface area contributed by atoms with Crippen molar-refractivity contribution in [1.82, 2.24) is 4.90 Å². The van der Waals surface area contributed by atoms with E-state index in [1.807, 2.05) is 30.3 Å². The lowest BCUT2D eigenvalue weighted by Crippen LogP contribution is -2.33. The SMILES string of the molecule is OCC1CCCN1CCCOc1ccccc1. The lowest BCUT2D eigenvalue weighted by atomic mass is 10.2. The van der Waals surface area contributed by atoms with E-state index in [-0.39, 0.29) is 0 Å². The molecule has 1 aromatic carbocycles. The van der Waals surface area contributed by atoms with E-state index in [1.165, 1.54) is 6.42 Å². The van der Waals surface area contributed by atoms with Gasteiger partial charge < -0.3 is 9.84 Å². The molecule has 1 aliphatic heterocycles. The van der Waals surface area contributed by atoms with Gasteiger partial charge in [0.15, 0.2) is 0 Å². The number of ether oxygens (including phenoxy) is 1. The predicted molar refractivity (Wildman–Crippen MR) is 68.2 cm³/mol. The van der Waals surface area contributed by atoms with E-state index < -0.39 is 0 Å². The second-order valence-electron chi connectivity index (χ2n) is 4.53. The molecule has 1 aliphatic rings. The Morgan fingerprint density at radius 2 is 2.12 bits per heavy atom. The van der Waals surface area contributed by atoms with E-state index in [2.05, 4.69) is 4.90 Å². The molecular formula is C14H21NO2. The summed E-state index contributed by atoms with van der Waals surface area (Å²) >= 11 is 0. The molecule has 1 atom stereocenters. The fourth-order valence-electron chi connectivity index (χ4n) is 2.37. The van der Waals surface area contributed by atoms with Crippen LogP contribution in [-0.4, -0.2) is 42.4 Å². The summed E-state index contributed by atoms with van der Waals surface area (Å²) in [6.45, 7) is 3.19. The summed E-state index contributed by atoms with van der Waals surface area (Å²) in [5.74, 6) is 0.938. The van der Waals surface area contributed by atoms with Gasteiger partial charge in [0.05, 0.1) is 13.2 Å². The van der Waals surface area contributed by atoms with Crippen LogP contribution in [0.25, 0.3) is 0 Å². The molecule has 2 rings (SSSR count). The number of aliphatic hydroxyl groups is 1. The number of aliphatic hydroxyl groups excluding tert-OH is 1. The van der Waals surface area contributed by atoms with Gasteiger partial charge in [-0.25, -0.2) is 0 Å². The maximum atomic E-state index is 9.20. The Morgan fingerprint density at radius 1 is 1.29 bits per heavy atom. The van der Waals surface area contributed by atoms with Crippen LogP contribution in [0.15, 0.2) is 30.3 Å². The van der Waals surface area contributed by atoms with Crippen molar-refractivity contribution in [1.29, 1.82) is 0 Å². The van der Waals surface area contributed by atoms with Crippen LogP contribution in [0.4, 0.5) is 0 Å². The molecule has 0 saturated carbocycles. The minimum absolute atomic E-state index is 0.291. The second kappa shape index (κ2) is 6.62. The summed E-state index contributed by atoms with van der Waals surface area (Å²) in [6.07, 6.45) is 3.37. The molecule has 1 N–H and O–H groups in total. The molecule has 0 amide bonds. The van der Waals surface area contributed by atoms with Gasteiger partial charge in [-0.3, -0.25) is 4.90 Å². The van der Waals surface area contributed by atoms with E-state index in [0.717, 1.165) is 38.3 Å². The molecule has 0 radical (unpaired) electrons. The van der Waals surface area contributed by atoms with Crippen LogP contribution >= 0.6 is 0 Å². The number of benzene rings is 1. The Morgan fingerprint density at radius 3 is 2.88 bits per heavy atom. The quantitative estimate of drug-likeness (QED) is 0.765. The van der Waals surface area contributed by atoms with Gasteiger partial charge in [-0.05, 0) is 37.9 Å². The van der Waals surface area contributed by atoms with Crippen LogP contribution in [0, 0.1) is 0 Å². The van der Waals surface area contributed by atoms with Gasteiger partial charge in [-0.15, -0.1) is 0 Å². The third-order valence-electron chi connectivity index (χ3n) is 3.31. The van der Waals surface area contributed by atoms with Crippen molar-refractivity contribution < 1.29 is 9.84 Å². The number of nitrogens with zero attached hydrogens (tertiary/aromatic N) is 1. The number of hydrogen-bond acceptors (Lipinski definition) is 3. The van der Waals surface area contributed by atoms with Gasteiger partial charge in [0.1, 0.15) is 5.75 Å². The molecule has 3 nitrogen and oxygen atoms in total. The third-order valence-corrected chi connectivity index (χ3v) is 3.31. The maximum Gasteiger partial charge on any atom is 0.119 e. The van der Waals surface area contributed by atoms with Crippen LogP contribution in [0.1, 0.15) is 19.3 Å². The summed E-state index contributed by atoms with van der Waals surface area (Å²) in [5, 5.41) is 9.20. The minimum atomic E-state index is 0.291. The Labute approximate surface area is 103 Å². The number of rotatable bonds is 6. The van der Waals surface area contributed by atoms with E-state index in [9.17, 15) is 5.11 Å². The van der Waals surface area contributed by atoms with Gasteiger partial charge in [-0.1, -0.05) is 18.2 Å². The molecular weight excluding hydrogens is 214 g/mol. The smallest absolute Gasteiger partial charge is 0.119 e. The fourth-order valence-corrected chi connectivity index (χ4v) is 2.37. The molecule has 0 bridgehead atoms. The van der Waals surface area contributed by atoms with Crippen molar-refractivity contribution in [2.24, 2.45) is 0 Å². The van der Waals surface area contributed by atoms with Crippen LogP contribution < -0.4 is 4.74 Å². The normalized spacial score (nSPS) is 20.6. The summed E-state index contributed by atoms with van der Waals surface area (Å²) in [5.41, 5.74) is 0. The summed E-state index contributed by atoms with van der Waals surface area (Å²) < 4.78 is 5.65. The predicted octanol–water partition coefficient (Wildman–Crippen LogP) is 1.91. The molecule has 3 heteroatoms. The first-order valence-corrected chi connectivity index (χ1v) is 6.43. The lowest BCUT2D eigenvalue weighted by molar-refractivity contribution is 0.150. The molecule has 94 valence electrons. The Kier molecular flexibility index (Phi) is 4.83. The fraction of sp³-hybridized carbons (Fsp3) is 0.571. The van der Waals surface area contributed by atoms with Crippen LogP contribution in [0.3, 0.4) is 0 Å². The maximum absolute atomic E-state index is 9.20. The van der Waals surface area contributed by atoms with Crippen molar-refractivity contribution in [3.05, 3.63) is 30.3 Å². The Balaban J connectivity index is 1.63. The summed E-state index contributed by atoms with van der Waals surface area (Å²) in [4.78, 5) is 2.37. The van der Waals surface area contributed by atoms with Crippen molar-refractivity contribution >= 4 is 0 Å². The molecule has 1 aromatic rings. The van der Waals surface area contributed by atoms with Crippen molar-refractivity contribution in [3.8, 4) is 5.75 Å². The van der Waals surface area contributed by atoms with Crippen molar-refractivity contribution in [3.63, 3.8) is 0 Å². The molecule has 1 saturated heterocycles. The van der Waals surface area contributed by atoms with Gasteiger partial charge in [-0.2, -0.15) is 0 Å². The highest BCUT2D eigenvalue weighted by molar-refractivity contribution is 5.20. The molecule has 0 spiro atoms. The number of likely N-dealkylation sites (tertiary alicyclic amines) is 1. The van der Waals surface area contributed by atoms with Crippen molar-refractivity contribution in [2.45, 2.75) is 25.3 Å². The van der Waals surface area contributed by atoms with E-state index >= 15 is 0 Å². The first kappa shape index (κ1) is 12.4. The lowest BCUT2D eigenvalue weighted by Gasteiger charge is -2.22.